The highest BCUT2D eigenvalue weighted by Gasteiger charge is 2.25. The van der Waals surface area contributed by atoms with Gasteiger partial charge >= 0.3 is 5.97 Å². The topological polar surface area (TPSA) is 68.3 Å². The van der Waals surface area contributed by atoms with Crippen LogP contribution >= 0.6 is 11.6 Å². The quantitative estimate of drug-likeness (QED) is 0.845. The SMILES string of the molecule is COC(=O)C(NC(=O)c1ccncc1Cl)C(C)C. The maximum Gasteiger partial charge on any atom is 0.328 e. The molecule has 0 saturated heterocycles. The Hall–Kier alpha value is -1.62. The number of halogens is 1. The highest BCUT2D eigenvalue weighted by molar-refractivity contribution is 6.33. The fourth-order valence-corrected chi connectivity index (χ4v) is 1.61. The fraction of sp³-hybridized carbons (Fsp3) is 0.417. The van der Waals surface area contributed by atoms with E-state index >= 15 is 0 Å². The Kier molecular flexibility index (Phi) is 5.09. The maximum atomic E-state index is 12.0. The number of hydrogen-bond acceptors (Lipinski definition) is 4. The average Bonchev–Trinajstić information content (AvgIpc) is 2.35. The van der Waals surface area contributed by atoms with Gasteiger partial charge in [-0.15, -0.1) is 0 Å². The fourth-order valence-electron chi connectivity index (χ4n) is 1.40. The minimum Gasteiger partial charge on any atom is -0.467 e. The van der Waals surface area contributed by atoms with Crippen LogP contribution in [0.15, 0.2) is 18.5 Å². The normalized spacial score (nSPS) is 12.1. The summed E-state index contributed by atoms with van der Waals surface area (Å²) in [6.45, 7) is 3.63. The Labute approximate surface area is 110 Å². The third-order valence-corrected chi connectivity index (χ3v) is 2.73. The van der Waals surface area contributed by atoms with Gasteiger partial charge in [-0.1, -0.05) is 25.4 Å². The minimum absolute atomic E-state index is 0.0815. The second-order valence-corrected chi connectivity index (χ2v) is 4.48. The largest absolute Gasteiger partial charge is 0.467 e. The standard InChI is InChI=1S/C12H15ClN2O3/c1-7(2)10(12(17)18-3)15-11(16)8-4-5-14-6-9(8)13/h4-7,10H,1-3H3,(H,15,16). The van der Waals surface area contributed by atoms with Crippen LogP contribution in [0.4, 0.5) is 0 Å². The number of esters is 1. The molecule has 0 bridgehead atoms. The molecule has 0 radical (unpaired) electrons. The third-order valence-electron chi connectivity index (χ3n) is 2.43. The van der Waals surface area contributed by atoms with E-state index in [0.29, 0.717) is 0 Å². The molecular weight excluding hydrogens is 256 g/mol. The average molecular weight is 271 g/mol. The summed E-state index contributed by atoms with van der Waals surface area (Å²) in [6, 6.07) is 0.790. The van der Waals surface area contributed by atoms with Gasteiger partial charge in [0.25, 0.3) is 5.91 Å². The number of nitrogens with zero attached hydrogens (tertiary/aromatic N) is 1. The molecule has 1 amide bonds. The van der Waals surface area contributed by atoms with Crippen molar-refractivity contribution in [3.8, 4) is 0 Å². The molecule has 0 fully saturated rings. The molecule has 0 spiro atoms. The molecule has 0 aliphatic carbocycles. The lowest BCUT2D eigenvalue weighted by Crippen LogP contribution is -2.45. The van der Waals surface area contributed by atoms with E-state index in [1.807, 2.05) is 13.8 Å². The number of aromatic nitrogens is 1. The zero-order valence-corrected chi connectivity index (χ0v) is 11.2. The molecule has 1 unspecified atom stereocenters. The second kappa shape index (κ2) is 6.35. The van der Waals surface area contributed by atoms with E-state index in [0.717, 1.165) is 0 Å². The summed E-state index contributed by atoms with van der Waals surface area (Å²) in [4.78, 5) is 27.3. The number of ether oxygens (including phenoxy) is 1. The number of hydrogen-bond donors (Lipinski definition) is 1. The van der Waals surface area contributed by atoms with Gasteiger partial charge in [-0.2, -0.15) is 0 Å². The number of amides is 1. The van der Waals surface area contributed by atoms with Crippen molar-refractivity contribution in [2.45, 2.75) is 19.9 Å². The van der Waals surface area contributed by atoms with Gasteiger partial charge in [0.15, 0.2) is 0 Å². The van der Waals surface area contributed by atoms with Crippen molar-refractivity contribution in [3.05, 3.63) is 29.0 Å². The van der Waals surface area contributed by atoms with E-state index < -0.39 is 17.9 Å². The van der Waals surface area contributed by atoms with Crippen molar-refractivity contribution in [1.82, 2.24) is 10.3 Å². The van der Waals surface area contributed by atoms with E-state index in [9.17, 15) is 9.59 Å². The number of rotatable bonds is 4. The molecular formula is C12H15ClN2O3. The molecule has 18 heavy (non-hydrogen) atoms. The summed E-state index contributed by atoms with van der Waals surface area (Å²) in [7, 11) is 1.28. The molecule has 0 aliphatic rings. The second-order valence-electron chi connectivity index (χ2n) is 4.07. The Morgan fingerprint density at radius 3 is 2.61 bits per heavy atom. The minimum atomic E-state index is -0.702. The van der Waals surface area contributed by atoms with Crippen molar-refractivity contribution in [3.63, 3.8) is 0 Å². The molecule has 1 atom stereocenters. The Morgan fingerprint density at radius 2 is 2.11 bits per heavy atom. The van der Waals surface area contributed by atoms with Crippen molar-refractivity contribution in [2.24, 2.45) is 5.92 Å². The summed E-state index contributed by atoms with van der Waals surface area (Å²) >= 11 is 5.86. The summed E-state index contributed by atoms with van der Waals surface area (Å²) in [6.07, 6.45) is 2.84. The van der Waals surface area contributed by atoms with Crippen LogP contribution in [0.5, 0.6) is 0 Å². The first-order valence-electron chi connectivity index (χ1n) is 5.45. The van der Waals surface area contributed by atoms with Crippen molar-refractivity contribution in [2.75, 3.05) is 7.11 Å². The summed E-state index contributed by atoms with van der Waals surface area (Å²) in [5.41, 5.74) is 0.279. The monoisotopic (exact) mass is 270 g/mol. The molecule has 0 aliphatic heterocycles. The molecule has 1 aromatic heterocycles. The first kappa shape index (κ1) is 14.4. The van der Waals surface area contributed by atoms with Crippen LogP contribution in [-0.4, -0.2) is 30.0 Å². The molecule has 1 N–H and O–H groups in total. The Balaban J connectivity index is 2.86. The Morgan fingerprint density at radius 1 is 1.44 bits per heavy atom. The van der Waals surface area contributed by atoms with Gasteiger partial charge in [0.05, 0.1) is 17.7 Å². The molecule has 6 heteroatoms. The third kappa shape index (κ3) is 3.43. The number of pyridine rings is 1. The van der Waals surface area contributed by atoms with Crippen LogP contribution in [0, 0.1) is 5.92 Å². The van der Waals surface area contributed by atoms with E-state index in [2.05, 4.69) is 15.0 Å². The van der Waals surface area contributed by atoms with E-state index in [1.54, 1.807) is 0 Å². The van der Waals surface area contributed by atoms with Gasteiger partial charge in [-0.3, -0.25) is 9.78 Å². The maximum absolute atomic E-state index is 12.0. The van der Waals surface area contributed by atoms with Crippen LogP contribution in [0.25, 0.3) is 0 Å². The predicted octanol–water partition coefficient (Wildman–Crippen LogP) is 1.66. The van der Waals surface area contributed by atoms with Crippen LogP contribution < -0.4 is 5.32 Å². The smallest absolute Gasteiger partial charge is 0.328 e. The molecule has 98 valence electrons. The highest BCUT2D eigenvalue weighted by atomic mass is 35.5. The molecule has 5 nitrogen and oxygen atoms in total. The van der Waals surface area contributed by atoms with Crippen LogP contribution in [0.1, 0.15) is 24.2 Å². The van der Waals surface area contributed by atoms with Crippen LogP contribution in [0.3, 0.4) is 0 Å². The van der Waals surface area contributed by atoms with Crippen LogP contribution in [-0.2, 0) is 9.53 Å². The first-order valence-corrected chi connectivity index (χ1v) is 5.83. The lowest BCUT2D eigenvalue weighted by atomic mass is 10.0. The molecule has 0 aromatic carbocycles. The van der Waals surface area contributed by atoms with Gasteiger partial charge in [-0.25, -0.2) is 4.79 Å². The lowest BCUT2D eigenvalue weighted by molar-refractivity contribution is -0.144. The van der Waals surface area contributed by atoms with Crippen molar-refractivity contribution >= 4 is 23.5 Å². The summed E-state index contributed by atoms with van der Waals surface area (Å²) in [5.74, 6) is -0.989. The van der Waals surface area contributed by atoms with E-state index in [1.165, 1.54) is 25.6 Å². The number of nitrogens with one attached hydrogen (secondary N) is 1. The van der Waals surface area contributed by atoms with Crippen molar-refractivity contribution in [1.29, 1.82) is 0 Å². The van der Waals surface area contributed by atoms with Gasteiger partial charge < -0.3 is 10.1 Å². The Bertz CT molecular complexity index is 449. The van der Waals surface area contributed by atoms with Crippen LogP contribution in [0.2, 0.25) is 5.02 Å². The molecule has 1 aromatic rings. The zero-order valence-electron chi connectivity index (χ0n) is 10.4. The molecule has 1 rings (SSSR count). The zero-order chi connectivity index (χ0) is 13.7. The molecule has 0 saturated carbocycles. The van der Waals surface area contributed by atoms with Gasteiger partial charge in [-0.05, 0) is 12.0 Å². The predicted molar refractivity (Wildman–Crippen MR) is 67.4 cm³/mol. The number of carbonyl (C=O) groups is 2. The van der Waals surface area contributed by atoms with Gasteiger partial charge in [0.1, 0.15) is 6.04 Å². The highest BCUT2D eigenvalue weighted by Crippen LogP contribution is 2.14. The van der Waals surface area contributed by atoms with Gasteiger partial charge in [0.2, 0.25) is 0 Å². The molecule has 1 heterocycles. The summed E-state index contributed by atoms with van der Waals surface area (Å²) in [5, 5.41) is 2.84. The van der Waals surface area contributed by atoms with E-state index in [4.69, 9.17) is 11.6 Å². The first-order chi connectivity index (χ1) is 8.47. The van der Waals surface area contributed by atoms with Gasteiger partial charge in [0, 0.05) is 12.4 Å². The number of methoxy groups -OCH3 is 1. The van der Waals surface area contributed by atoms with E-state index in [-0.39, 0.29) is 16.5 Å². The van der Waals surface area contributed by atoms with Crippen molar-refractivity contribution < 1.29 is 14.3 Å². The number of carbonyl (C=O) groups excluding carboxylic acids is 2. The lowest BCUT2D eigenvalue weighted by Gasteiger charge is -2.19. The summed E-state index contributed by atoms with van der Waals surface area (Å²) < 4.78 is 4.64.